The van der Waals surface area contributed by atoms with E-state index in [0.717, 1.165) is 36.8 Å². The van der Waals surface area contributed by atoms with Crippen LogP contribution in [0.4, 0.5) is 4.39 Å². The summed E-state index contributed by atoms with van der Waals surface area (Å²) in [4.78, 5) is 15.1. The number of halogens is 1. The van der Waals surface area contributed by atoms with Gasteiger partial charge in [0.1, 0.15) is 5.82 Å². The molecule has 1 saturated heterocycles. The number of aliphatic hydroxyl groups is 1. The number of nitrogens with zero attached hydrogens (tertiary/aromatic N) is 1. The first kappa shape index (κ1) is 20.1. The van der Waals surface area contributed by atoms with Crippen LogP contribution in [-0.4, -0.2) is 34.9 Å². The predicted octanol–water partition coefficient (Wildman–Crippen LogP) is 4.46. The Balaban J connectivity index is 1.43. The molecule has 0 spiro atoms. The van der Waals surface area contributed by atoms with Gasteiger partial charge in [-0.05, 0) is 60.7 Å². The number of likely N-dealkylation sites (tertiary alicyclic amines) is 1. The summed E-state index contributed by atoms with van der Waals surface area (Å²) in [6.07, 6.45) is 7.55. The first-order chi connectivity index (χ1) is 15.0. The second-order valence-corrected chi connectivity index (χ2v) is 8.68. The van der Waals surface area contributed by atoms with Gasteiger partial charge in [-0.15, -0.1) is 0 Å². The molecule has 0 bridgehead atoms. The van der Waals surface area contributed by atoms with Gasteiger partial charge in [0.2, 0.25) is 12.7 Å². The van der Waals surface area contributed by atoms with Crippen molar-refractivity contribution in [2.45, 2.75) is 43.7 Å². The number of carbonyl (C=O) groups is 1. The molecule has 0 aromatic heterocycles. The molecule has 31 heavy (non-hydrogen) atoms. The highest BCUT2D eigenvalue weighted by atomic mass is 19.1. The Bertz CT molecular complexity index is 1010. The lowest BCUT2D eigenvalue weighted by molar-refractivity contribution is -0.150. The molecule has 2 aromatic carbocycles. The average Bonchev–Trinajstić information content (AvgIpc) is 3.25. The van der Waals surface area contributed by atoms with Crippen LogP contribution in [0.15, 0.2) is 48.5 Å². The molecular weight excluding hydrogens is 397 g/mol. The van der Waals surface area contributed by atoms with E-state index in [2.05, 4.69) is 0 Å². The van der Waals surface area contributed by atoms with E-state index >= 15 is 0 Å². The number of amides is 1. The summed E-state index contributed by atoms with van der Waals surface area (Å²) in [5, 5.41) is 11.3. The number of ether oxygens (including phenoxy) is 2. The number of carbonyl (C=O) groups excluding carboxylic acids is 1. The van der Waals surface area contributed by atoms with Gasteiger partial charge in [0.25, 0.3) is 0 Å². The van der Waals surface area contributed by atoms with Crippen LogP contribution in [0.3, 0.4) is 0 Å². The Morgan fingerprint density at radius 3 is 2.74 bits per heavy atom. The Morgan fingerprint density at radius 1 is 1.10 bits per heavy atom. The van der Waals surface area contributed by atoms with Crippen LogP contribution < -0.4 is 9.47 Å². The van der Waals surface area contributed by atoms with Gasteiger partial charge in [0.05, 0.1) is 11.6 Å². The summed E-state index contributed by atoms with van der Waals surface area (Å²) < 4.78 is 24.3. The summed E-state index contributed by atoms with van der Waals surface area (Å²) in [6.45, 7) is 0.679. The van der Waals surface area contributed by atoms with Crippen LogP contribution in [0.2, 0.25) is 0 Å². The molecule has 6 heteroatoms. The van der Waals surface area contributed by atoms with Gasteiger partial charge in [-0.1, -0.05) is 31.0 Å². The van der Waals surface area contributed by atoms with Crippen LogP contribution in [-0.2, 0) is 4.79 Å². The van der Waals surface area contributed by atoms with E-state index in [-0.39, 0.29) is 30.5 Å². The quantitative estimate of drug-likeness (QED) is 0.741. The van der Waals surface area contributed by atoms with Crippen molar-refractivity contribution in [3.05, 3.63) is 65.5 Å². The maximum absolute atomic E-state index is 13.6. The molecule has 0 radical (unpaired) electrons. The molecule has 0 unspecified atom stereocenters. The predicted molar refractivity (Wildman–Crippen MR) is 114 cm³/mol. The van der Waals surface area contributed by atoms with E-state index in [4.69, 9.17) is 9.47 Å². The highest BCUT2D eigenvalue weighted by Crippen LogP contribution is 2.49. The minimum Gasteiger partial charge on any atom is -0.454 e. The van der Waals surface area contributed by atoms with Crippen molar-refractivity contribution in [1.29, 1.82) is 0 Å². The van der Waals surface area contributed by atoms with Crippen LogP contribution in [0.5, 0.6) is 11.5 Å². The van der Waals surface area contributed by atoms with Gasteiger partial charge in [0, 0.05) is 18.5 Å². The zero-order valence-corrected chi connectivity index (χ0v) is 17.3. The van der Waals surface area contributed by atoms with Crippen molar-refractivity contribution in [3.8, 4) is 11.5 Å². The molecule has 5 nitrogen and oxygen atoms in total. The lowest BCUT2D eigenvalue weighted by atomic mass is 9.66. The Morgan fingerprint density at radius 2 is 1.90 bits per heavy atom. The second kappa shape index (κ2) is 8.00. The topological polar surface area (TPSA) is 59.0 Å². The van der Waals surface area contributed by atoms with Crippen LogP contribution in [0.25, 0.3) is 6.08 Å². The van der Waals surface area contributed by atoms with E-state index < -0.39 is 5.60 Å². The van der Waals surface area contributed by atoms with Gasteiger partial charge >= 0.3 is 0 Å². The van der Waals surface area contributed by atoms with Crippen LogP contribution in [0.1, 0.15) is 49.3 Å². The first-order valence-corrected chi connectivity index (χ1v) is 10.9. The van der Waals surface area contributed by atoms with Gasteiger partial charge in [-0.3, -0.25) is 4.79 Å². The minimum atomic E-state index is -0.769. The molecule has 162 valence electrons. The number of fused-ring (bicyclic) bond motifs is 2. The summed E-state index contributed by atoms with van der Waals surface area (Å²) in [7, 11) is 0. The molecule has 2 heterocycles. The van der Waals surface area contributed by atoms with Crippen LogP contribution >= 0.6 is 0 Å². The number of hydrogen-bond acceptors (Lipinski definition) is 4. The lowest BCUT2D eigenvalue weighted by Crippen LogP contribution is -2.56. The fourth-order valence-corrected chi connectivity index (χ4v) is 5.28. The van der Waals surface area contributed by atoms with Crippen LogP contribution in [0, 0.1) is 11.7 Å². The second-order valence-electron chi connectivity index (χ2n) is 8.68. The molecule has 1 saturated carbocycles. The molecule has 1 amide bonds. The third-order valence-corrected chi connectivity index (χ3v) is 6.88. The minimum absolute atomic E-state index is 0.0524. The van der Waals surface area contributed by atoms with Crippen molar-refractivity contribution >= 4 is 12.0 Å². The van der Waals surface area contributed by atoms with Gasteiger partial charge in [0.15, 0.2) is 11.5 Å². The number of hydrogen-bond donors (Lipinski definition) is 1. The standard InChI is InChI=1S/C25H26FNO4/c26-19-8-6-18(7-9-19)24-20-3-1-2-12-25(20,29)13-14-27(24)23(28)11-5-17-4-10-21-22(15-17)31-16-30-21/h4-11,15,20,24,29H,1-3,12-14,16H2/b11-5+/t20-,24-,25-/m1/s1. The fraction of sp³-hybridized carbons (Fsp3) is 0.400. The monoisotopic (exact) mass is 423 g/mol. The summed E-state index contributed by atoms with van der Waals surface area (Å²) in [6, 6.07) is 11.6. The molecular formula is C25H26FNO4. The highest BCUT2D eigenvalue weighted by molar-refractivity contribution is 5.92. The lowest BCUT2D eigenvalue weighted by Gasteiger charge is -2.52. The summed E-state index contributed by atoms with van der Waals surface area (Å²) in [5.41, 5.74) is 0.952. The molecule has 2 aliphatic heterocycles. The number of rotatable bonds is 3. The zero-order valence-electron chi connectivity index (χ0n) is 17.3. The molecule has 5 rings (SSSR count). The molecule has 3 aliphatic rings. The smallest absolute Gasteiger partial charge is 0.247 e. The van der Waals surface area contributed by atoms with Crippen molar-refractivity contribution in [3.63, 3.8) is 0 Å². The van der Waals surface area contributed by atoms with Gasteiger partial charge in [-0.25, -0.2) is 4.39 Å². The van der Waals surface area contributed by atoms with Crippen molar-refractivity contribution < 1.29 is 23.8 Å². The highest BCUT2D eigenvalue weighted by Gasteiger charge is 2.49. The SMILES string of the molecule is O=C(/C=C/c1ccc2c(c1)OCO2)N1CC[C@]2(O)CCCC[C@@H]2[C@H]1c1ccc(F)cc1. The van der Waals surface area contributed by atoms with E-state index in [0.29, 0.717) is 24.5 Å². The van der Waals surface area contributed by atoms with E-state index in [1.165, 1.54) is 12.1 Å². The number of piperidine rings is 1. The molecule has 2 aromatic rings. The first-order valence-electron chi connectivity index (χ1n) is 10.9. The van der Waals surface area contributed by atoms with Crippen molar-refractivity contribution in [1.82, 2.24) is 4.90 Å². The normalized spacial score (nSPS) is 27.4. The molecule has 3 atom stereocenters. The van der Waals surface area contributed by atoms with Crippen molar-refractivity contribution in [2.24, 2.45) is 5.92 Å². The fourth-order valence-electron chi connectivity index (χ4n) is 5.28. The molecule has 2 fully saturated rings. The summed E-state index contributed by atoms with van der Waals surface area (Å²) in [5.74, 6) is 0.901. The Labute approximate surface area is 181 Å². The van der Waals surface area contributed by atoms with Crippen molar-refractivity contribution in [2.75, 3.05) is 13.3 Å². The molecule has 1 aliphatic carbocycles. The van der Waals surface area contributed by atoms with E-state index in [1.54, 1.807) is 24.3 Å². The number of benzene rings is 2. The molecule has 1 N–H and O–H groups in total. The Kier molecular flexibility index (Phi) is 5.18. The summed E-state index contributed by atoms with van der Waals surface area (Å²) >= 11 is 0. The maximum atomic E-state index is 13.6. The maximum Gasteiger partial charge on any atom is 0.247 e. The largest absolute Gasteiger partial charge is 0.454 e. The van der Waals surface area contributed by atoms with E-state index in [1.807, 2.05) is 23.1 Å². The van der Waals surface area contributed by atoms with Gasteiger partial charge in [-0.2, -0.15) is 0 Å². The average molecular weight is 423 g/mol. The Hall–Kier alpha value is -2.86. The zero-order chi connectivity index (χ0) is 21.4. The van der Waals surface area contributed by atoms with E-state index in [9.17, 15) is 14.3 Å². The third kappa shape index (κ3) is 3.81. The van der Waals surface area contributed by atoms with Gasteiger partial charge < -0.3 is 19.5 Å². The third-order valence-electron chi connectivity index (χ3n) is 6.88.